The number of nitrogens with one attached hydrogen (secondary N) is 1. The van der Waals surface area contributed by atoms with E-state index in [1.165, 1.54) is 0 Å². The summed E-state index contributed by atoms with van der Waals surface area (Å²) in [6.07, 6.45) is 0.234. The van der Waals surface area contributed by atoms with E-state index in [1.54, 1.807) is 0 Å². The van der Waals surface area contributed by atoms with Crippen molar-refractivity contribution in [3.05, 3.63) is 0 Å². The number of rotatable bonds is 2. The fourth-order valence-corrected chi connectivity index (χ4v) is 1.32. The number of carboxylic acids is 2. The molecule has 0 bridgehead atoms. The van der Waals surface area contributed by atoms with E-state index in [1.807, 2.05) is 0 Å². The van der Waals surface area contributed by atoms with Crippen molar-refractivity contribution in [2.24, 2.45) is 11.8 Å². The summed E-state index contributed by atoms with van der Waals surface area (Å²) < 4.78 is 0. The zero-order valence-corrected chi connectivity index (χ0v) is 6.49. The third-order valence-corrected chi connectivity index (χ3v) is 2.05. The topological polar surface area (TPSA) is 86.6 Å². The van der Waals surface area contributed by atoms with Crippen LogP contribution < -0.4 is 5.32 Å². The Kier molecular flexibility index (Phi) is 5.55. The molecule has 0 amide bonds. The predicted molar refractivity (Wildman–Crippen MR) is 46.9 cm³/mol. The second kappa shape index (κ2) is 5.59. The number of piperidine rings is 1. The molecule has 0 aromatic carbocycles. The minimum atomic E-state index is -0.923. The van der Waals surface area contributed by atoms with Gasteiger partial charge in [-0.15, -0.1) is 0 Å². The first kappa shape index (κ1) is 12.9. The van der Waals surface area contributed by atoms with E-state index in [-0.39, 0.29) is 36.0 Å². The summed E-state index contributed by atoms with van der Waals surface area (Å²) in [4.78, 5) is 21.0. The molecule has 3 N–H and O–H groups in total. The van der Waals surface area contributed by atoms with Crippen molar-refractivity contribution in [3.8, 4) is 0 Å². The summed E-state index contributed by atoms with van der Waals surface area (Å²) in [5.74, 6) is -2.96. The second-order valence-corrected chi connectivity index (χ2v) is 2.96. The molecule has 1 heterocycles. The molecule has 0 aliphatic carbocycles. The molecule has 2 unspecified atom stereocenters. The van der Waals surface area contributed by atoms with E-state index in [0.29, 0.717) is 13.1 Å². The summed E-state index contributed by atoms with van der Waals surface area (Å²) in [6, 6.07) is 0. The van der Waals surface area contributed by atoms with Gasteiger partial charge < -0.3 is 15.5 Å². The molecule has 0 aromatic rings. The van der Waals surface area contributed by atoms with Crippen LogP contribution in [0.15, 0.2) is 0 Å². The fraction of sp³-hybridized carbons (Fsp3) is 0.714. The molecule has 1 saturated heterocycles. The predicted octanol–water partition coefficient (Wildman–Crippen LogP) is -1.27. The van der Waals surface area contributed by atoms with Gasteiger partial charge in [0, 0.05) is 13.1 Å². The van der Waals surface area contributed by atoms with Crippen molar-refractivity contribution in [2.75, 3.05) is 13.1 Å². The van der Waals surface area contributed by atoms with Crippen LogP contribution >= 0.6 is 0 Å². The third kappa shape index (κ3) is 3.64. The molecular weight excluding hydrogens is 185 g/mol. The standard InChI is InChI=1S/C7H11NO4.Na.H/c9-6(10)4-1-5(7(11)12)3-8-2-4;;/h4-5,8H,1-3H2,(H,9,10)(H,11,12);;. The van der Waals surface area contributed by atoms with Gasteiger partial charge in [0.1, 0.15) is 0 Å². The summed E-state index contributed by atoms with van der Waals surface area (Å²) >= 11 is 0. The van der Waals surface area contributed by atoms with Gasteiger partial charge in [-0.3, -0.25) is 9.59 Å². The Morgan fingerprint density at radius 2 is 1.46 bits per heavy atom. The van der Waals surface area contributed by atoms with Crippen LogP contribution in [0.3, 0.4) is 0 Å². The molecule has 13 heavy (non-hydrogen) atoms. The number of carboxylic acid groups (broad SMARTS) is 2. The van der Waals surface area contributed by atoms with Crippen LogP contribution in [-0.4, -0.2) is 64.8 Å². The first-order valence-corrected chi connectivity index (χ1v) is 3.77. The van der Waals surface area contributed by atoms with Crippen LogP contribution in [0.5, 0.6) is 0 Å². The van der Waals surface area contributed by atoms with Crippen LogP contribution in [0.1, 0.15) is 6.42 Å². The molecule has 2 atom stereocenters. The summed E-state index contributed by atoms with van der Waals surface area (Å²) in [7, 11) is 0. The van der Waals surface area contributed by atoms with Crippen molar-refractivity contribution < 1.29 is 19.8 Å². The summed E-state index contributed by atoms with van der Waals surface area (Å²) in [5, 5.41) is 20.0. The van der Waals surface area contributed by atoms with E-state index in [9.17, 15) is 9.59 Å². The number of hydrogen-bond donors (Lipinski definition) is 3. The number of aliphatic carboxylic acids is 2. The Morgan fingerprint density at radius 3 is 1.77 bits per heavy atom. The Balaban J connectivity index is 0.00000144. The van der Waals surface area contributed by atoms with Gasteiger partial charge in [-0.05, 0) is 6.42 Å². The number of carbonyl (C=O) groups is 2. The van der Waals surface area contributed by atoms with Crippen LogP contribution in [0.25, 0.3) is 0 Å². The average Bonchev–Trinajstić information content (AvgIpc) is 2.04. The third-order valence-electron chi connectivity index (χ3n) is 2.05. The zero-order chi connectivity index (χ0) is 9.14. The molecule has 0 radical (unpaired) electrons. The molecule has 0 spiro atoms. The second-order valence-electron chi connectivity index (χ2n) is 2.96. The molecule has 0 aromatic heterocycles. The molecule has 1 rings (SSSR count). The van der Waals surface area contributed by atoms with Crippen LogP contribution in [0, 0.1) is 11.8 Å². The summed E-state index contributed by atoms with van der Waals surface area (Å²) in [5.41, 5.74) is 0. The van der Waals surface area contributed by atoms with Gasteiger partial charge in [0.25, 0.3) is 0 Å². The van der Waals surface area contributed by atoms with E-state index in [2.05, 4.69) is 5.32 Å². The molecule has 1 fully saturated rings. The van der Waals surface area contributed by atoms with Gasteiger partial charge in [0.15, 0.2) is 0 Å². The molecule has 1 aliphatic heterocycles. The Hall–Kier alpha value is -0.100. The van der Waals surface area contributed by atoms with E-state index in [0.717, 1.165) is 0 Å². The number of hydrogen-bond acceptors (Lipinski definition) is 3. The van der Waals surface area contributed by atoms with Crippen LogP contribution in [-0.2, 0) is 9.59 Å². The maximum absolute atomic E-state index is 10.5. The van der Waals surface area contributed by atoms with E-state index < -0.39 is 23.8 Å². The zero-order valence-electron chi connectivity index (χ0n) is 6.49. The van der Waals surface area contributed by atoms with Gasteiger partial charge in [0.05, 0.1) is 11.8 Å². The molecule has 5 nitrogen and oxygen atoms in total. The molecule has 0 saturated carbocycles. The summed E-state index contributed by atoms with van der Waals surface area (Å²) in [6.45, 7) is 0.748. The maximum atomic E-state index is 10.5. The molecule has 1 aliphatic rings. The van der Waals surface area contributed by atoms with Crippen molar-refractivity contribution in [3.63, 3.8) is 0 Å². The van der Waals surface area contributed by atoms with Gasteiger partial charge in [-0.25, -0.2) is 0 Å². The SMILES string of the molecule is O=C(O)C1CNCC(C(=O)O)C1.[NaH]. The Bertz CT molecular complexity index is 189. The van der Waals surface area contributed by atoms with Gasteiger partial charge in [-0.1, -0.05) is 0 Å². The monoisotopic (exact) mass is 197 g/mol. The Morgan fingerprint density at radius 1 is 1.08 bits per heavy atom. The molecule has 6 heteroatoms. The van der Waals surface area contributed by atoms with E-state index >= 15 is 0 Å². The van der Waals surface area contributed by atoms with Gasteiger partial charge in [-0.2, -0.15) is 0 Å². The quantitative estimate of drug-likeness (QED) is 0.481. The first-order valence-electron chi connectivity index (χ1n) is 3.77. The van der Waals surface area contributed by atoms with Crippen LogP contribution in [0.4, 0.5) is 0 Å². The molecule has 70 valence electrons. The van der Waals surface area contributed by atoms with Crippen molar-refractivity contribution >= 4 is 41.5 Å². The fourth-order valence-electron chi connectivity index (χ4n) is 1.32. The minimum absolute atomic E-state index is 0. The molecular formula is C7H12NNaO4. The Labute approximate surface area is 97.8 Å². The van der Waals surface area contributed by atoms with Crippen LogP contribution in [0.2, 0.25) is 0 Å². The normalized spacial score (nSPS) is 27.4. The first-order chi connectivity index (χ1) is 5.61. The van der Waals surface area contributed by atoms with Crippen molar-refractivity contribution in [1.29, 1.82) is 0 Å². The average molecular weight is 197 g/mol. The van der Waals surface area contributed by atoms with E-state index in [4.69, 9.17) is 10.2 Å². The van der Waals surface area contributed by atoms with Crippen molar-refractivity contribution in [1.82, 2.24) is 5.32 Å². The van der Waals surface area contributed by atoms with Gasteiger partial charge >= 0.3 is 41.5 Å². The van der Waals surface area contributed by atoms with Crippen molar-refractivity contribution in [2.45, 2.75) is 6.42 Å². The van der Waals surface area contributed by atoms with Gasteiger partial charge in [0.2, 0.25) is 0 Å².